The van der Waals surface area contributed by atoms with Gasteiger partial charge in [-0.15, -0.1) is 0 Å². The maximum atomic E-state index is 6.21. The third kappa shape index (κ3) is 2.94. The molecular weight excluding hydrogens is 210 g/mol. The highest BCUT2D eigenvalue weighted by Gasteiger charge is 2.09. The summed E-state index contributed by atoms with van der Waals surface area (Å²) >= 11 is 0. The zero-order valence-corrected chi connectivity index (χ0v) is 10.2. The maximum Gasteiger partial charge on any atom is 0.0948 e. The van der Waals surface area contributed by atoms with Crippen molar-refractivity contribution in [2.75, 3.05) is 0 Å². The Bertz CT molecular complexity index is 448. The summed E-state index contributed by atoms with van der Waals surface area (Å²) in [6.45, 7) is 3.18. The molecule has 0 radical (unpaired) electrons. The van der Waals surface area contributed by atoms with E-state index in [-0.39, 0.29) is 6.04 Å². The fourth-order valence-corrected chi connectivity index (χ4v) is 2.00. The lowest BCUT2D eigenvalue weighted by Crippen LogP contribution is -2.15. The molecule has 1 unspecified atom stereocenters. The Morgan fingerprint density at radius 3 is 2.76 bits per heavy atom. The Hall–Kier alpha value is -1.61. The normalized spacial score (nSPS) is 12.6. The molecule has 0 aliphatic carbocycles. The molecular formula is C14H19N3. The summed E-state index contributed by atoms with van der Waals surface area (Å²) < 4.78 is 2.18. The van der Waals surface area contributed by atoms with Crippen molar-refractivity contribution in [2.45, 2.75) is 32.4 Å². The third-order valence-corrected chi connectivity index (χ3v) is 2.92. The average molecular weight is 229 g/mol. The largest absolute Gasteiger partial charge is 0.335 e. The summed E-state index contributed by atoms with van der Waals surface area (Å²) in [7, 11) is 0. The first-order valence-corrected chi connectivity index (χ1v) is 6.10. The Morgan fingerprint density at radius 2 is 2.06 bits per heavy atom. The molecule has 0 bridgehead atoms. The highest BCUT2D eigenvalue weighted by molar-refractivity contribution is 5.20. The second-order valence-electron chi connectivity index (χ2n) is 4.30. The summed E-state index contributed by atoms with van der Waals surface area (Å²) in [5.41, 5.74) is 8.60. The Labute approximate surface area is 102 Å². The van der Waals surface area contributed by atoms with Crippen LogP contribution in [0.3, 0.4) is 0 Å². The molecule has 17 heavy (non-hydrogen) atoms. The molecule has 0 saturated carbocycles. The summed E-state index contributed by atoms with van der Waals surface area (Å²) in [6, 6.07) is 10.3. The van der Waals surface area contributed by atoms with Gasteiger partial charge in [-0.2, -0.15) is 0 Å². The van der Waals surface area contributed by atoms with Gasteiger partial charge in [0.2, 0.25) is 0 Å². The fraction of sp³-hybridized carbons (Fsp3) is 0.357. The van der Waals surface area contributed by atoms with E-state index in [1.807, 2.05) is 30.7 Å². The molecule has 2 N–H and O–H groups in total. The highest BCUT2D eigenvalue weighted by Crippen LogP contribution is 2.15. The first kappa shape index (κ1) is 11.9. The topological polar surface area (TPSA) is 43.8 Å². The minimum Gasteiger partial charge on any atom is -0.335 e. The quantitative estimate of drug-likeness (QED) is 0.856. The third-order valence-electron chi connectivity index (χ3n) is 2.92. The van der Waals surface area contributed by atoms with E-state index in [4.69, 9.17) is 5.73 Å². The highest BCUT2D eigenvalue weighted by atomic mass is 15.0. The number of nitrogens with two attached hydrogens (primary N) is 1. The summed E-state index contributed by atoms with van der Waals surface area (Å²) in [5.74, 6) is 0. The molecule has 0 saturated heterocycles. The smallest absolute Gasteiger partial charge is 0.0948 e. The van der Waals surface area contributed by atoms with Crippen molar-refractivity contribution in [1.29, 1.82) is 0 Å². The van der Waals surface area contributed by atoms with Gasteiger partial charge in [-0.05, 0) is 12.0 Å². The first-order chi connectivity index (χ1) is 8.31. The van der Waals surface area contributed by atoms with Gasteiger partial charge in [0.1, 0.15) is 0 Å². The molecule has 2 aromatic rings. The van der Waals surface area contributed by atoms with Crippen molar-refractivity contribution < 1.29 is 0 Å². The number of nitrogens with zero attached hydrogens (tertiary/aromatic N) is 2. The molecule has 1 atom stereocenters. The molecule has 0 aliphatic heterocycles. The van der Waals surface area contributed by atoms with E-state index in [1.54, 1.807) is 0 Å². The molecule has 2 rings (SSSR count). The lowest BCUT2D eigenvalue weighted by molar-refractivity contribution is 0.611. The molecule has 0 aliphatic rings. The number of hydrogen-bond donors (Lipinski definition) is 1. The van der Waals surface area contributed by atoms with Crippen molar-refractivity contribution in [3.8, 4) is 0 Å². The first-order valence-electron chi connectivity index (χ1n) is 6.10. The molecule has 1 aromatic heterocycles. The van der Waals surface area contributed by atoms with E-state index >= 15 is 0 Å². The maximum absolute atomic E-state index is 6.21. The zero-order valence-electron chi connectivity index (χ0n) is 10.2. The van der Waals surface area contributed by atoms with Crippen LogP contribution in [-0.2, 0) is 13.0 Å². The van der Waals surface area contributed by atoms with Gasteiger partial charge in [0.25, 0.3) is 0 Å². The van der Waals surface area contributed by atoms with Crippen LogP contribution in [0.15, 0.2) is 42.9 Å². The van der Waals surface area contributed by atoms with E-state index in [9.17, 15) is 0 Å². The van der Waals surface area contributed by atoms with Gasteiger partial charge < -0.3 is 10.3 Å². The van der Waals surface area contributed by atoms with Crippen molar-refractivity contribution in [2.24, 2.45) is 5.73 Å². The van der Waals surface area contributed by atoms with Crippen molar-refractivity contribution in [1.82, 2.24) is 9.55 Å². The van der Waals surface area contributed by atoms with E-state index in [1.165, 1.54) is 11.3 Å². The van der Waals surface area contributed by atoms with Crippen LogP contribution in [0.4, 0.5) is 0 Å². The van der Waals surface area contributed by atoms with Crippen LogP contribution in [-0.4, -0.2) is 9.55 Å². The van der Waals surface area contributed by atoms with Gasteiger partial charge in [0.15, 0.2) is 0 Å². The Balaban J connectivity index is 2.08. The second-order valence-corrected chi connectivity index (χ2v) is 4.30. The molecule has 3 heteroatoms. The fourth-order valence-electron chi connectivity index (χ4n) is 2.00. The Kier molecular flexibility index (Phi) is 3.94. The molecule has 1 heterocycles. The van der Waals surface area contributed by atoms with E-state index in [2.05, 4.69) is 28.6 Å². The number of aryl methyl sites for hydroxylation is 1. The van der Waals surface area contributed by atoms with E-state index in [0.29, 0.717) is 0 Å². The predicted octanol–water partition coefficient (Wildman–Crippen LogP) is 2.54. The minimum absolute atomic E-state index is 0.0449. The van der Waals surface area contributed by atoms with E-state index < -0.39 is 0 Å². The van der Waals surface area contributed by atoms with Crippen LogP contribution < -0.4 is 5.73 Å². The second kappa shape index (κ2) is 5.64. The van der Waals surface area contributed by atoms with E-state index in [0.717, 1.165) is 19.4 Å². The molecule has 3 nitrogen and oxygen atoms in total. The molecule has 1 aromatic carbocycles. The SMILES string of the molecule is CCCn1cncc1CC(N)c1ccccc1. The lowest BCUT2D eigenvalue weighted by Gasteiger charge is -2.13. The summed E-state index contributed by atoms with van der Waals surface area (Å²) in [6.07, 6.45) is 5.75. The number of imidazole rings is 1. The van der Waals surface area contributed by atoms with Crippen molar-refractivity contribution in [3.05, 3.63) is 54.1 Å². The van der Waals surface area contributed by atoms with Gasteiger partial charge in [0.05, 0.1) is 6.33 Å². The van der Waals surface area contributed by atoms with Gasteiger partial charge in [-0.3, -0.25) is 0 Å². The number of hydrogen-bond acceptors (Lipinski definition) is 2. The van der Waals surface area contributed by atoms with Crippen LogP contribution in [0.2, 0.25) is 0 Å². The predicted molar refractivity (Wildman–Crippen MR) is 69.6 cm³/mol. The van der Waals surface area contributed by atoms with Crippen LogP contribution in [0.5, 0.6) is 0 Å². The monoisotopic (exact) mass is 229 g/mol. The van der Waals surface area contributed by atoms with Crippen LogP contribution >= 0.6 is 0 Å². The standard InChI is InChI=1S/C14H19N3/c1-2-8-17-11-16-10-13(17)9-14(15)12-6-4-3-5-7-12/h3-7,10-11,14H,2,8-9,15H2,1H3. The molecule has 0 fully saturated rings. The van der Waals surface area contributed by atoms with Crippen molar-refractivity contribution in [3.63, 3.8) is 0 Å². The summed E-state index contributed by atoms with van der Waals surface area (Å²) in [5, 5.41) is 0. The van der Waals surface area contributed by atoms with Crippen LogP contribution in [0.1, 0.15) is 30.6 Å². The molecule has 0 spiro atoms. The van der Waals surface area contributed by atoms with Gasteiger partial charge in [-0.25, -0.2) is 4.98 Å². The lowest BCUT2D eigenvalue weighted by atomic mass is 10.0. The van der Waals surface area contributed by atoms with Crippen LogP contribution in [0, 0.1) is 0 Å². The zero-order chi connectivity index (χ0) is 12.1. The minimum atomic E-state index is 0.0449. The van der Waals surface area contributed by atoms with Gasteiger partial charge in [-0.1, -0.05) is 37.3 Å². The van der Waals surface area contributed by atoms with Crippen molar-refractivity contribution >= 4 is 0 Å². The number of rotatable bonds is 5. The molecule has 0 amide bonds. The van der Waals surface area contributed by atoms with Gasteiger partial charge >= 0.3 is 0 Å². The summed E-state index contributed by atoms with van der Waals surface area (Å²) in [4.78, 5) is 4.19. The number of benzene rings is 1. The Morgan fingerprint density at radius 1 is 1.29 bits per heavy atom. The van der Waals surface area contributed by atoms with Crippen LogP contribution in [0.25, 0.3) is 0 Å². The molecule has 90 valence electrons. The number of aromatic nitrogens is 2. The average Bonchev–Trinajstić information content (AvgIpc) is 2.78. The van der Waals surface area contributed by atoms with Gasteiger partial charge in [0, 0.05) is 30.9 Å².